The van der Waals surface area contributed by atoms with Crippen LogP contribution in [0.15, 0.2) is 0 Å². The van der Waals surface area contributed by atoms with Gasteiger partial charge in [0.25, 0.3) is 0 Å². The fraction of sp³-hybridized carbons (Fsp3) is 0.875. The zero-order chi connectivity index (χ0) is 7.45. The van der Waals surface area contributed by atoms with E-state index in [-0.39, 0.29) is 5.54 Å². The molecule has 0 amide bonds. The van der Waals surface area contributed by atoms with Crippen LogP contribution in [0.4, 0.5) is 0 Å². The zero-order valence-electron chi connectivity index (χ0n) is 6.27. The first-order chi connectivity index (χ1) is 4.77. The number of nitrogens with zero attached hydrogens (tertiary/aromatic N) is 1. The second-order valence-electron chi connectivity index (χ2n) is 3.26. The molecular formula is C8H14N2. The molecule has 56 valence electrons. The van der Waals surface area contributed by atoms with Gasteiger partial charge in [0.15, 0.2) is 0 Å². The van der Waals surface area contributed by atoms with Crippen molar-refractivity contribution >= 4 is 0 Å². The van der Waals surface area contributed by atoms with Crippen LogP contribution in [0.3, 0.4) is 0 Å². The summed E-state index contributed by atoms with van der Waals surface area (Å²) in [4.78, 5) is 0. The Morgan fingerprint density at radius 3 is 2.40 bits per heavy atom. The van der Waals surface area contributed by atoms with Crippen LogP contribution < -0.4 is 5.73 Å². The van der Waals surface area contributed by atoms with E-state index in [0.29, 0.717) is 6.42 Å². The molecule has 0 aromatic carbocycles. The Morgan fingerprint density at radius 1 is 1.30 bits per heavy atom. The molecule has 2 N–H and O–H groups in total. The van der Waals surface area contributed by atoms with Crippen LogP contribution >= 0.6 is 0 Å². The summed E-state index contributed by atoms with van der Waals surface area (Å²) < 4.78 is 0. The average molecular weight is 138 g/mol. The maximum absolute atomic E-state index is 8.45. The Balaban J connectivity index is 2.42. The molecule has 0 aromatic rings. The number of hydrogen-bond acceptors (Lipinski definition) is 2. The van der Waals surface area contributed by atoms with Crippen LogP contribution in [0.25, 0.3) is 0 Å². The molecule has 1 saturated carbocycles. The SMILES string of the molecule is N#CCC1(N)CCCCC1. The van der Waals surface area contributed by atoms with Gasteiger partial charge in [-0.1, -0.05) is 19.3 Å². The lowest BCUT2D eigenvalue weighted by molar-refractivity contribution is 0.301. The van der Waals surface area contributed by atoms with E-state index in [1.54, 1.807) is 0 Å². The second-order valence-corrected chi connectivity index (χ2v) is 3.26. The van der Waals surface area contributed by atoms with Crippen molar-refractivity contribution in [3.8, 4) is 6.07 Å². The third kappa shape index (κ3) is 1.71. The first-order valence-corrected chi connectivity index (χ1v) is 3.93. The molecule has 1 fully saturated rings. The minimum atomic E-state index is -0.132. The summed E-state index contributed by atoms with van der Waals surface area (Å²) in [6.07, 6.45) is 6.33. The second kappa shape index (κ2) is 3.03. The topological polar surface area (TPSA) is 49.8 Å². The monoisotopic (exact) mass is 138 g/mol. The van der Waals surface area contributed by atoms with E-state index >= 15 is 0 Å². The third-order valence-corrected chi connectivity index (χ3v) is 2.28. The summed E-state index contributed by atoms with van der Waals surface area (Å²) in [7, 11) is 0. The molecule has 10 heavy (non-hydrogen) atoms. The molecule has 0 atom stereocenters. The molecule has 0 bridgehead atoms. The lowest BCUT2D eigenvalue weighted by atomic mass is 9.81. The van der Waals surface area contributed by atoms with Gasteiger partial charge in [-0.25, -0.2) is 0 Å². The summed E-state index contributed by atoms with van der Waals surface area (Å²) in [6.45, 7) is 0. The Kier molecular flexibility index (Phi) is 2.29. The highest BCUT2D eigenvalue weighted by atomic mass is 14.7. The molecule has 0 heterocycles. The van der Waals surface area contributed by atoms with E-state index in [0.717, 1.165) is 12.8 Å². The Morgan fingerprint density at radius 2 is 1.90 bits per heavy atom. The molecule has 0 aliphatic heterocycles. The minimum Gasteiger partial charge on any atom is -0.324 e. The first kappa shape index (κ1) is 7.56. The van der Waals surface area contributed by atoms with E-state index in [9.17, 15) is 0 Å². The van der Waals surface area contributed by atoms with Crippen LogP contribution in [-0.4, -0.2) is 5.54 Å². The number of rotatable bonds is 1. The maximum Gasteiger partial charge on any atom is 0.0641 e. The Labute approximate surface area is 62.0 Å². The van der Waals surface area contributed by atoms with Crippen molar-refractivity contribution in [2.24, 2.45) is 5.73 Å². The van der Waals surface area contributed by atoms with Crippen molar-refractivity contribution in [1.82, 2.24) is 0 Å². The molecule has 0 aromatic heterocycles. The fourth-order valence-electron chi connectivity index (χ4n) is 1.59. The predicted octanol–water partition coefficient (Wildman–Crippen LogP) is 1.56. The standard InChI is InChI=1S/C8H14N2/c9-7-6-8(10)4-2-1-3-5-8/h1-6,10H2. The van der Waals surface area contributed by atoms with Gasteiger partial charge in [0, 0.05) is 5.54 Å². The summed E-state index contributed by atoms with van der Waals surface area (Å²) in [5.41, 5.74) is 5.82. The van der Waals surface area contributed by atoms with Crippen molar-refractivity contribution in [2.45, 2.75) is 44.1 Å². The molecule has 0 saturated heterocycles. The number of nitrogens with two attached hydrogens (primary N) is 1. The highest BCUT2D eigenvalue weighted by Gasteiger charge is 2.26. The van der Waals surface area contributed by atoms with Gasteiger partial charge in [-0.2, -0.15) is 5.26 Å². The van der Waals surface area contributed by atoms with Crippen LogP contribution in [0.2, 0.25) is 0 Å². The van der Waals surface area contributed by atoms with Crippen LogP contribution in [0.1, 0.15) is 38.5 Å². The van der Waals surface area contributed by atoms with Gasteiger partial charge >= 0.3 is 0 Å². The Bertz CT molecular complexity index is 140. The summed E-state index contributed by atoms with van der Waals surface area (Å²) in [6, 6.07) is 2.15. The van der Waals surface area contributed by atoms with Gasteiger partial charge in [0.1, 0.15) is 0 Å². The van der Waals surface area contributed by atoms with Gasteiger partial charge in [-0.05, 0) is 12.8 Å². The summed E-state index contributed by atoms with van der Waals surface area (Å²) in [5.74, 6) is 0. The Hall–Kier alpha value is -0.550. The predicted molar refractivity (Wildman–Crippen MR) is 40.2 cm³/mol. The average Bonchev–Trinajstić information content (AvgIpc) is 1.89. The van der Waals surface area contributed by atoms with Gasteiger partial charge in [-0.3, -0.25) is 0 Å². The van der Waals surface area contributed by atoms with E-state index in [4.69, 9.17) is 11.0 Å². The van der Waals surface area contributed by atoms with Crippen molar-refractivity contribution in [3.05, 3.63) is 0 Å². The smallest absolute Gasteiger partial charge is 0.0641 e. The quantitative estimate of drug-likeness (QED) is 0.597. The van der Waals surface area contributed by atoms with Crippen molar-refractivity contribution in [1.29, 1.82) is 5.26 Å². The van der Waals surface area contributed by atoms with E-state index in [1.807, 2.05) is 0 Å². The zero-order valence-corrected chi connectivity index (χ0v) is 6.27. The lowest BCUT2D eigenvalue weighted by Crippen LogP contribution is -2.41. The van der Waals surface area contributed by atoms with E-state index in [2.05, 4.69) is 6.07 Å². The summed E-state index contributed by atoms with van der Waals surface area (Å²) in [5, 5.41) is 8.45. The van der Waals surface area contributed by atoms with Crippen LogP contribution in [-0.2, 0) is 0 Å². The van der Waals surface area contributed by atoms with E-state index in [1.165, 1.54) is 19.3 Å². The maximum atomic E-state index is 8.45. The van der Waals surface area contributed by atoms with Gasteiger partial charge < -0.3 is 5.73 Å². The fourth-order valence-corrected chi connectivity index (χ4v) is 1.59. The van der Waals surface area contributed by atoms with Crippen molar-refractivity contribution in [2.75, 3.05) is 0 Å². The molecule has 1 aliphatic carbocycles. The first-order valence-electron chi connectivity index (χ1n) is 3.93. The van der Waals surface area contributed by atoms with Crippen molar-refractivity contribution in [3.63, 3.8) is 0 Å². The van der Waals surface area contributed by atoms with Crippen LogP contribution in [0.5, 0.6) is 0 Å². The summed E-state index contributed by atoms with van der Waals surface area (Å²) >= 11 is 0. The normalized spacial score (nSPS) is 23.6. The number of nitriles is 1. The molecule has 1 aliphatic rings. The largest absolute Gasteiger partial charge is 0.324 e. The molecule has 0 spiro atoms. The van der Waals surface area contributed by atoms with Crippen LogP contribution in [0, 0.1) is 11.3 Å². The molecule has 2 heteroatoms. The lowest BCUT2D eigenvalue weighted by Gasteiger charge is -2.30. The van der Waals surface area contributed by atoms with Gasteiger partial charge in [0.05, 0.1) is 12.5 Å². The highest BCUT2D eigenvalue weighted by molar-refractivity contribution is 4.94. The highest BCUT2D eigenvalue weighted by Crippen LogP contribution is 2.27. The molecule has 2 nitrogen and oxygen atoms in total. The molecule has 0 unspecified atom stereocenters. The third-order valence-electron chi connectivity index (χ3n) is 2.28. The van der Waals surface area contributed by atoms with Gasteiger partial charge in [0.2, 0.25) is 0 Å². The molecule has 0 radical (unpaired) electrons. The van der Waals surface area contributed by atoms with Crippen molar-refractivity contribution < 1.29 is 0 Å². The molecular weight excluding hydrogens is 124 g/mol. The van der Waals surface area contributed by atoms with E-state index < -0.39 is 0 Å². The number of hydrogen-bond donors (Lipinski definition) is 1. The van der Waals surface area contributed by atoms with Gasteiger partial charge in [-0.15, -0.1) is 0 Å². The minimum absolute atomic E-state index is 0.132. The molecule has 1 rings (SSSR count).